The van der Waals surface area contributed by atoms with E-state index in [1.54, 1.807) is 24.3 Å². The molecule has 0 aliphatic rings. The van der Waals surface area contributed by atoms with Crippen LogP contribution in [0.4, 0.5) is 13.2 Å². The predicted molar refractivity (Wildman–Crippen MR) is 96.3 cm³/mol. The van der Waals surface area contributed by atoms with E-state index in [2.05, 4.69) is 0 Å². The number of hydrogen-bond donors (Lipinski definition) is 2. The monoisotopic (exact) mass is 437 g/mol. The Kier molecular flexibility index (Phi) is 11.8. The van der Waals surface area contributed by atoms with Gasteiger partial charge in [-0.2, -0.15) is 13.2 Å². The van der Waals surface area contributed by atoms with Gasteiger partial charge < -0.3 is 24.6 Å². The van der Waals surface area contributed by atoms with E-state index in [0.717, 1.165) is 0 Å². The van der Waals surface area contributed by atoms with Gasteiger partial charge in [-0.3, -0.25) is 14.4 Å². The van der Waals surface area contributed by atoms with Crippen LogP contribution in [-0.4, -0.2) is 78.8 Å². The highest BCUT2D eigenvalue weighted by Gasteiger charge is 2.38. The number of aliphatic carboxylic acids is 2. The lowest BCUT2D eigenvalue weighted by Crippen LogP contribution is -2.35. The number of carbonyl (C=O) groups excluding carboxylic acids is 2. The molecule has 1 atom stereocenters. The van der Waals surface area contributed by atoms with E-state index in [9.17, 15) is 27.6 Å². The van der Waals surface area contributed by atoms with E-state index in [-0.39, 0.29) is 19.4 Å². The van der Waals surface area contributed by atoms with Gasteiger partial charge in [0.15, 0.2) is 6.29 Å². The van der Waals surface area contributed by atoms with Crippen LogP contribution in [0.15, 0.2) is 24.3 Å². The van der Waals surface area contributed by atoms with Gasteiger partial charge in [-0.1, -0.05) is 12.1 Å². The van der Waals surface area contributed by atoms with E-state index >= 15 is 0 Å². The molecule has 0 fully saturated rings. The quantitative estimate of drug-likeness (QED) is 0.416. The first kappa shape index (κ1) is 26.9. The van der Waals surface area contributed by atoms with Crippen molar-refractivity contribution in [2.75, 3.05) is 27.2 Å². The first-order valence-corrected chi connectivity index (χ1v) is 8.40. The SMILES string of the molecule is CN(C)CC(COc1ccccc1C=O)OC(=O)CCC(=O)O.O=C(O)C(F)(F)F. The minimum Gasteiger partial charge on any atom is -0.489 e. The largest absolute Gasteiger partial charge is 0.490 e. The number of halogens is 3. The second-order valence-electron chi connectivity index (χ2n) is 6.04. The summed E-state index contributed by atoms with van der Waals surface area (Å²) in [6, 6.07) is 6.74. The van der Waals surface area contributed by atoms with Gasteiger partial charge in [0.1, 0.15) is 18.5 Å². The van der Waals surface area contributed by atoms with Gasteiger partial charge in [-0.15, -0.1) is 0 Å². The molecule has 0 amide bonds. The second kappa shape index (κ2) is 13.1. The molecule has 168 valence electrons. The van der Waals surface area contributed by atoms with E-state index in [1.165, 1.54) is 0 Å². The van der Waals surface area contributed by atoms with Gasteiger partial charge in [0.05, 0.1) is 18.4 Å². The molecule has 1 unspecified atom stereocenters. The zero-order valence-electron chi connectivity index (χ0n) is 16.2. The van der Waals surface area contributed by atoms with Crippen molar-refractivity contribution in [3.8, 4) is 5.75 Å². The Morgan fingerprint density at radius 3 is 2.17 bits per heavy atom. The van der Waals surface area contributed by atoms with Crippen LogP contribution in [0.25, 0.3) is 0 Å². The lowest BCUT2D eigenvalue weighted by Gasteiger charge is -2.22. The lowest BCUT2D eigenvalue weighted by molar-refractivity contribution is -0.192. The van der Waals surface area contributed by atoms with Crippen LogP contribution in [0.5, 0.6) is 5.75 Å². The van der Waals surface area contributed by atoms with Gasteiger partial charge in [0.25, 0.3) is 0 Å². The number of esters is 1. The fourth-order valence-electron chi connectivity index (χ4n) is 1.88. The molecule has 0 saturated heterocycles. The first-order chi connectivity index (χ1) is 13.9. The third-order valence-corrected chi connectivity index (χ3v) is 3.12. The molecule has 9 nitrogen and oxygen atoms in total. The maximum Gasteiger partial charge on any atom is 0.490 e. The highest BCUT2D eigenvalue weighted by molar-refractivity contribution is 5.79. The smallest absolute Gasteiger partial charge is 0.489 e. The fourth-order valence-corrected chi connectivity index (χ4v) is 1.88. The third-order valence-electron chi connectivity index (χ3n) is 3.12. The van der Waals surface area contributed by atoms with Crippen molar-refractivity contribution < 1.29 is 52.0 Å². The zero-order chi connectivity index (χ0) is 23.3. The number of likely N-dealkylation sites (N-methyl/N-ethyl adjacent to an activating group) is 1. The highest BCUT2D eigenvalue weighted by Crippen LogP contribution is 2.16. The number of benzene rings is 1. The lowest BCUT2D eigenvalue weighted by atomic mass is 10.2. The molecule has 30 heavy (non-hydrogen) atoms. The van der Waals surface area contributed by atoms with Gasteiger partial charge in [0, 0.05) is 6.54 Å². The zero-order valence-corrected chi connectivity index (χ0v) is 16.2. The van der Waals surface area contributed by atoms with Crippen molar-refractivity contribution in [3.63, 3.8) is 0 Å². The van der Waals surface area contributed by atoms with Crippen LogP contribution in [0, 0.1) is 0 Å². The summed E-state index contributed by atoms with van der Waals surface area (Å²) in [5.41, 5.74) is 0.410. The van der Waals surface area contributed by atoms with E-state index in [4.69, 9.17) is 24.5 Å². The Labute approximate surface area is 170 Å². The van der Waals surface area contributed by atoms with E-state index in [0.29, 0.717) is 24.1 Å². The molecule has 0 saturated carbocycles. The van der Waals surface area contributed by atoms with Gasteiger partial charge >= 0.3 is 24.1 Å². The molecule has 0 bridgehead atoms. The molecule has 1 rings (SSSR count). The Morgan fingerprint density at radius 2 is 1.70 bits per heavy atom. The molecule has 0 aliphatic heterocycles. The minimum absolute atomic E-state index is 0.0713. The average Bonchev–Trinajstić information content (AvgIpc) is 2.64. The van der Waals surface area contributed by atoms with Crippen LogP contribution >= 0.6 is 0 Å². The third kappa shape index (κ3) is 12.3. The standard InChI is InChI=1S/C16H21NO6.C2HF3O2/c1-17(2)9-13(23-16(21)8-7-15(19)20)11-22-14-6-4-3-5-12(14)10-18;3-2(4,5)1(6)7/h3-6,10,13H,7-9,11H2,1-2H3,(H,19,20);(H,6,7). The first-order valence-electron chi connectivity index (χ1n) is 8.40. The Bertz CT molecular complexity index is 722. The number of rotatable bonds is 10. The van der Waals surface area contributed by atoms with Crippen LogP contribution in [-0.2, 0) is 19.1 Å². The van der Waals surface area contributed by atoms with Crippen molar-refractivity contribution in [2.24, 2.45) is 0 Å². The molecule has 2 N–H and O–H groups in total. The molecule has 0 aromatic heterocycles. The molecule has 12 heteroatoms. The molecule has 1 aromatic carbocycles. The van der Waals surface area contributed by atoms with Gasteiger partial charge in [-0.05, 0) is 26.2 Å². The molecular weight excluding hydrogens is 415 g/mol. The molecular formula is C18H22F3NO8. The van der Waals surface area contributed by atoms with Gasteiger partial charge in [0.2, 0.25) is 0 Å². The number of ether oxygens (including phenoxy) is 2. The number of carbonyl (C=O) groups is 4. The van der Waals surface area contributed by atoms with E-state index < -0.39 is 30.2 Å². The molecule has 0 heterocycles. The van der Waals surface area contributed by atoms with Crippen molar-refractivity contribution >= 4 is 24.2 Å². The summed E-state index contributed by atoms with van der Waals surface area (Å²) in [5, 5.41) is 15.7. The van der Waals surface area contributed by atoms with Gasteiger partial charge in [-0.25, -0.2) is 4.79 Å². The molecule has 1 aromatic rings. The second-order valence-corrected chi connectivity index (χ2v) is 6.04. The van der Waals surface area contributed by atoms with Crippen molar-refractivity contribution in [1.29, 1.82) is 0 Å². The Morgan fingerprint density at radius 1 is 1.13 bits per heavy atom. The predicted octanol–water partition coefficient (Wildman–Crippen LogP) is 1.85. The number of nitrogens with zero attached hydrogens (tertiary/aromatic N) is 1. The number of aldehydes is 1. The van der Waals surface area contributed by atoms with Crippen LogP contribution < -0.4 is 4.74 Å². The maximum absolute atomic E-state index is 11.7. The van der Waals surface area contributed by atoms with E-state index in [1.807, 2.05) is 19.0 Å². The van der Waals surface area contributed by atoms with Crippen molar-refractivity contribution in [1.82, 2.24) is 4.90 Å². The fraction of sp³-hybridized carbons (Fsp3) is 0.444. The van der Waals surface area contributed by atoms with Crippen LogP contribution in [0.3, 0.4) is 0 Å². The number of para-hydroxylation sites is 1. The number of hydrogen-bond acceptors (Lipinski definition) is 7. The Hall–Kier alpha value is -3.15. The number of carboxylic acids is 2. The minimum atomic E-state index is -5.08. The summed E-state index contributed by atoms with van der Waals surface area (Å²) in [6.07, 6.45) is -5.42. The summed E-state index contributed by atoms with van der Waals surface area (Å²) in [7, 11) is 3.63. The highest BCUT2D eigenvalue weighted by atomic mass is 19.4. The molecule has 0 spiro atoms. The molecule has 0 aliphatic carbocycles. The average molecular weight is 437 g/mol. The van der Waals surface area contributed by atoms with Crippen molar-refractivity contribution in [2.45, 2.75) is 25.1 Å². The summed E-state index contributed by atoms with van der Waals surface area (Å²) in [6.45, 7) is 0.490. The van der Waals surface area contributed by atoms with Crippen LogP contribution in [0.2, 0.25) is 0 Å². The maximum atomic E-state index is 11.7. The topological polar surface area (TPSA) is 130 Å². The van der Waals surface area contributed by atoms with Crippen molar-refractivity contribution in [3.05, 3.63) is 29.8 Å². The Balaban J connectivity index is 0.00000103. The normalized spacial score (nSPS) is 11.7. The summed E-state index contributed by atoms with van der Waals surface area (Å²) >= 11 is 0. The summed E-state index contributed by atoms with van der Waals surface area (Å²) in [4.78, 5) is 43.8. The number of carboxylic acid groups (broad SMARTS) is 2. The summed E-state index contributed by atoms with van der Waals surface area (Å²) in [5.74, 6) is -3.99. The summed E-state index contributed by atoms with van der Waals surface area (Å²) < 4.78 is 42.6. The molecule has 0 radical (unpaired) electrons. The van der Waals surface area contributed by atoms with Crippen LogP contribution in [0.1, 0.15) is 23.2 Å². The number of alkyl halides is 3.